The number of benzene rings is 2. The summed E-state index contributed by atoms with van der Waals surface area (Å²) in [6.45, 7) is 2.64. The molecule has 7 heteroatoms. The van der Waals surface area contributed by atoms with Crippen molar-refractivity contribution >= 4 is 17.5 Å². The van der Waals surface area contributed by atoms with E-state index >= 15 is 0 Å². The van der Waals surface area contributed by atoms with Gasteiger partial charge in [0.2, 0.25) is 12.7 Å². The van der Waals surface area contributed by atoms with E-state index in [0.29, 0.717) is 24.4 Å². The van der Waals surface area contributed by atoms with Crippen LogP contribution in [0.4, 0.5) is 5.69 Å². The van der Waals surface area contributed by atoms with Crippen molar-refractivity contribution in [1.82, 2.24) is 5.32 Å². The Morgan fingerprint density at radius 1 is 1.15 bits per heavy atom. The van der Waals surface area contributed by atoms with Crippen LogP contribution in [0, 0.1) is 6.92 Å². The average molecular weight is 368 g/mol. The minimum Gasteiger partial charge on any atom is -0.478 e. The van der Waals surface area contributed by atoms with Gasteiger partial charge >= 0.3 is 0 Å². The van der Waals surface area contributed by atoms with Crippen molar-refractivity contribution < 1.29 is 23.8 Å². The maximum atomic E-state index is 12.2. The maximum absolute atomic E-state index is 12.2. The van der Waals surface area contributed by atoms with Crippen molar-refractivity contribution in [1.29, 1.82) is 0 Å². The molecule has 1 atom stereocenters. The van der Waals surface area contributed by atoms with E-state index in [9.17, 15) is 9.59 Å². The Kier molecular flexibility index (Phi) is 4.58. The van der Waals surface area contributed by atoms with E-state index in [-0.39, 0.29) is 25.0 Å². The highest BCUT2D eigenvalue weighted by Crippen LogP contribution is 2.33. The first-order valence-electron chi connectivity index (χ1n) is 8.82. The maximum Gasteiger partial charge on any atom is 0.266 e. The molecule has 0 radical (unpaired) electrons. The highest BCUT2D eigenvalue weighted by Gasteiger charge is 2.29. The van der Waals surface area contributed by atoms with Gasteiger partial charge in [-0.15, -0.1) is 0 Å². The van der Waals surface area contributed by atoms with Gasteiger partial charge in [0.15, 0.2) is 17.6 Å². The van der Waals surface area contributed by atoms with Crippen molar-refractivity contribution in [2.75, 3.05) is 18.7 Å². The Balaban J connectivity index is 1.28. The lowest BCUT2D eigenvalue weighted by atomic mass is 10.1. The molecule has 27 heavy (non-hydrogen) atoms. The number of hydrogen-bond donors (Lipinski definition) is 2. The first-order valence-corrected chi connectivity index (χ1v) is 8.82. The van der Waals surface area contributed by atoms with Crippen LogP contribution in [0.25, 0.3) is 0 Å². The zero-order chi connectivity index (χ0) is 18.8. The zero-order valence-electron chi connectivity index (χ0n) is 14.9. The molecule has 0 aliphatic carbocycles. The van der Waals surface area contributed by atoms with Gasteiger partial charge in [-0.1, -0.05) is 12.1 Å². The van der Waals surface area contributed by atoms with Crippen LogP contribution in [0.15, 0.2) is 36.4 Å². The lowest BCUT2D eigenvalue weighted by Gasteiger charge is -2.25. The van der Waals surface area contributed by atoms with Crippen LogP contribution in [-0.4, -0.2) is 31.3 Å². The lowest BCUT2D eigenvalue weighted by Crippen LogP contribution is -2.41. The number of anilines is 1. The van der Waals surface area contributed by atoms with Gasteiger partial charge in [0.05, 0.1) is 12.1 Å². The standard InChI is InChI=1S/C20H20N2O5/c1-12-2-4-15-14(8-12)22-20(24)18(27-15)10-19(23)21-7-6-13-3-5-16-17(9-13)26-11-25-16/h2-5,8-9,18H,6-7,10-11H2,1H3,(H,21,23)(H,22,24). The first kappa shape index (κ1) is 17.2. The van der Waals surface area contributed by atoms with Crippen molar-refractivity contribution in [2.45, 2.75) is 25.9 Å². The quantitative estimate of drug-likeness (QED) is 0.845. The van der Waals surface area contributed by atoms with Crippen LogP contribution < -0.4 is 24.8 Å². The zero-order valence-corrected chi connectivity index (χ0v) is 14.9. The van der Waals surface area contributed by atoms with Gasteiger partial charge in [-0.05, 0) is 48.7 Å². The second kappa shape index (κ2) is 7.19. The van der Waals surface area contributed by atoms with E-state index in [4.69, 9.17) is 14.2 Å². The van der Waals surface area contributed by atoms with Gasteiger partial charge in [0, 0.05) is 6.54 Å². The monoisotopic (exact) mass is 368 g/mol. The van der Waals surface area contributed by atoms with Gasteiger partial charge in [-0.2, -0.15) is 0 Å². The number of ether oxygens (including phenoxy) is 3. The molecule has 0 fully saturated rings. The fourth-order valence-electron chi connectivity index (χ4n) is 3.08. The molecule has 7 nitrogen and oxygen atoms in total. The van der Waals surface area contributed by atoms with Crippen molar-refractivity contribution in [2.24, 2.45) is 0 Å². The van der Waals surface area contributed by atoms with Crippen LogP contribution >= 0.6 is 0 Å². The number of hydrogen-bond acceptors (Lipinski definition) is 5. The van der Waals surface area contributed by atoms with E-state index in [1.54, 1.807) is 6.07 Å². The van der Waals surface area contributed by atoms with Crippen molar-refractivity contribution in [3.8, 4) is 17.2 Å². The van der Waals surface area contributed by atoms with E-state index in [2.05, 4.69) is 10.6 Å². The molecular weight excluding hydrogens is 348 g/mol. The molecule has 0 bridgehead atoms. The minimum atomic E-state index is -0.828. The fraction of sp³-hybridized carbons (Fsp3) is 0.300. The number of nitrogens with one attached hydrogen (secondary N) is 2. The fourth-order valence-corrected chi connectivity index (χ4v) is 3.08. The summed E-state index contributed by atoms with van der Waals surface area (Å²) in [5.74, 6) is 1.50. The normalized spacial score (nSPS) is 16.9. The molecule has 0 saturated carbocycles. The van der Waals surface area contributed by atoms with Crippen molar-refractivity contribution in [3.05, 3.63) is 47.5 Å². The molecule has 1 unspecified atom stereocenters. The molecule has 0 saturated heterocycles. The summed E-state index contributed by atoms with van der Waals surface area (Å²) in [7, 11) is 0. The van der Waals surface area contributed by atoms with Crippen LogP contribution in [0.5, 0.6) is 17.2 Å². The Morgan fingerprint density at radius 2 is 1.96 bits per heavy atom. The number of fused-ring (bicyclic) bond motifs is 2. The van der Waals surface area contributed by atoms with Crippen LogP contribution in [-0.2, 0) is 16.0 Å². The highest BCUT2D eigenvalue weighted by atomic mass is 16.7. The van der Waals surface area contributed by atoms with Gasteiger partial charge in [0.1, 0.15) is 5.75 Å². The molecule has 0 spiro atoms. The Bertz CT molecular complexity index is 896. The third-order valence-corrected chi connectivity index (χ3v) is 4.50. The molecule has 140 valence electrons. The topological polar surface area (TPSA) is 85.9 Å². The molecule has 2 heterocycles. The molecule has 2 aromatic rings. The summed E-state index contributed by atoms with van der Waals surface area (Å²) in [5.41, 5.74) is 2.70. The highest BCUT2D eigenvalue weighted by molar-refractivity contribution is 6.00. The molecule has 0 aromatic heterocycles. The summed E-state index contributed by atoms with van der Waals surface area (Å²) in [5, 5.41) is 5.62. The molecular formula is C20H20N2O5. The third-order valence-electron chi connectivity index (χ3n) is 4.50. The predicted octanol–water partition coefficient (Wildman–Crippen LogP) is 2.17. The van der Waals surface area contributed by atoms with Gasteiger partial charge in [-0.3, -0.25) is 9.59 Å². The van der Waals surface area contributed by atoms with E-state index < -0.39 is 6.10 Å². The number of aryl methyl sites for hydroxylation is 1. The SMILES string of the molecule is Cc1ccc2c(c1)NC(=O)C(CC(=O)NCCc1ccc3c(c1)OCO3)O2. The summed E-state index contributed by atoms with van der Waals surface area (Å²) in [4.78, 5) is 24.4. The summed E-state index contributed by atoms with van der Waals surface area (Å²) in [6, 6.07) is 11.3. The molecule has 2 N–H and O–H groups in total. The molecule has 2 aliphatic heterocycles. The Morgan fingerprint density at radius 3 is 2.85 bits per heavy atom. The Hall–Kier alpha value is -3.22. The predicted molar refractivity (Wildman–Crippen MR) is 98.1 cm³/mol. The van der Waals surface area contributed by atoms with Crippen LogP contribution in [0.3, 0.4) is 0 Å². The second-order valence-electron chi connectivity index (χ2n) is 6.59. The summed E-state index contributed by atoms with van der Waals surface area (Å²) in [6.07, 6.45) is -0.201. The number of rotatable bonds is 5. The largest absolute Gasteiger partial charge is 0.478 e. The summed E-state index contributed by atoms with van der Waals surface area (Å²) < 4.78 is 16.3. The Labute approximate surface area is 156 Å². The minimum absolute atomic E-state index is 0.0275. The van der Waals surface area contributed by atoms with E-state index in [1.165, 1.54) is 0 Å². The van der Waals surface area contributed by atoms with Crippen molar-refractivity contribution in [3.63, 3.8) is 0 Å². The molecule has 4 rings (SSSR count). The second-order valence-corrected chi connectivity index (χ2v) is 6.59. The average Bonchev–Trinajstić information content (AvgIpc) is 3.10. The smallest absolute Gasteiger partial charge is 0.266 e. The van der Waals surface area contributed by atoms with Crippen LogP contribution in [0.2, 0.25) is 0 Å². The van der Waals surface area contributed by atoms with E-state index in [0.717, 1.165) is 22.6 Å². The van der Waals surface area contributed by atoms with Gasteiger partial charge in [-0.25, -0.2) is 0 Å². The number of carbonyl (C=O) groups excluding carboxylic acids is 2. The lowest BCUT2D eigenvalue weighted by molar-refractivity contribution is -0.130. The van der Waals surface area contributed by atoms with Crippen LogP contribution in [0.1, 0.15) is 17.5 Å². The van der Waals surface area contributed by atoms with Gasteiger partial charge in [0.25, 0.3) is 5.91 Å². The first-order chi connectivity index (χ1) is 13.1. The molecule has 2 aromatic carbocycles. The van der Waals surface area contributed by atoms with Gasteiger partial charge < -0.3 is 24.8 Å². The summed E-state index contributed by atoms with van der Waals surface area (Å²) >= 11 is 0. The third kappa shape index (κ3) is 3.81. The molecule has 2 amide bonds. The number of carbonyl (C=O) groups is 2. The van der Waals surface area contributed by atoms with E-state index in [1.807, 2.05) is 37.3 Å². The number of amides is 2. The molecule has 2 aliphatic rings.